The fourth-order valence-electron chi connectivity index (χ4n) is 4.92. The molecule has 0 unspecified atom stereocenters. The number of aromatic nitrogens is 1. The van der Waals surface area contributed by atoms with Crippen molar-refractivity contribution in [2.45, 2.75) is 44.7 Å². The molecule has 0 radical (unpaired) electrons. The predicted octanol–water partition coefficient (Wildman–Crippen LogP) is 4.00. The van der Waals surface area contributed by atoms with Gasteiger partial charge in [0.25, 0.3) is 11.8 Å². The Morgan fingerprint density at radius 1 is 1.20 bits per heavy atom. The summed E-state index contributed by atoms with van der Waals surface area (Å²) in [5, 5.41) is 13.0. The van der Waals surface area contributed by atoms with Gasteiger partial charge in [-0.05, 0) is 25.5 Å². The molecule has 2 amide bonds. The van der Waals surface area contributed by atoms with Crippen molar-refractivity contribution in [2.75, 3.05) is 6.54 Å². The number of fused-ring (bicyclic) bond motifs is 4. The SMILES string of the molecule is C[C@H]1C=C[C@](C)(O)[C@H]2CN1C(=O)c1c(OCc3ccccc3)c(=O)c(C(=O)NCc3ccc(F)c(Cl)c3F)cn12. The molecule has 0 aliphatic carbocycles. The average Bonchev–Trinajstić information content (AvgIpc) is 3.04. The molecule has 2 aromatic carbocycles. The van der Waals surface area contributed by atoms with Crippen molar-refractivity contribution in [3.63, 3.8) is 0 Å². The number of nitrogens with zero attached hydrogens (tertiary/aromatic N) is 2. The molecule has 2 N–H and O–H groups in total. The molecule has 3 atom stereocenters. The number of pyridine rings is 1. The second kappa shape index (κ2) is 10.5. The Hall–Kier alpha value is -4.02. The number of benzene rings is 2. The molecule has 2 bridgehead atoms. The molecular weight excluding hydrogens is 544 g/mol. The van der Waals surface area contributed by atoms with Gasteiger partial charge in [0, 0.05) is 30.9 Å². The van der Waals surface area contributed by atoms with E-state index in [4.69, 9.17) is 16.3 Å². The zero-order valence-electron chi connectivity index (χ0n) is 21.7. The van der Waals surface area contributed by atoms with Crippen LogP contribution in [0.15, 0.2) is 65.6 Å². The number of aliphatic hydroxyl groups is 1. The van der Waals surface area contributed by atoms with Crippen molar-refractivity contribution in [1.82, 2.24) is 14.8 Å². The number of rotatable bonds is 6. The van der Waals surface area contributed by atoms with E-state index in [1.807, 2.05) is 6.07 Å². The summed E-state index contributed by atoms with van der Waals surface area (Å²) in [5.41, 5.74) is -2.10. The van der Waals surface area contributed by atoms with Crippen LogP contribution in [0.2, 0.25) is 5.02 Å². The molecular formula is C29H26ClF2N3O5. The summed E-state index contributed by atoms with van der Waals surface area (Å²) in [6.45, 7) is 3.05. The fourth-order valence-corrected chi connectivity index (χ4v) is 5.11. The zero-order chi connectivity index (χ0) is 28.8. The minimum absolute atomic E-state index is 0.0599. The Morgan fingerprint density at radius 3 is 2.65 bits per heavy atom. The van der Waals surface area contributed by atoms with Crippen LogP contribution in [0.5, 0.6) is 5.75 Å². The molecule has 0 saturated heterocycles. The van der Waals surface area contributed by atoms with Crippen LogP contribution in [0, 0.1) is 11.6 Å². The predicted molar refractivity (Wildman–Crippen MR) is 143 cm³/mol. The number of ether oxygens (including phenoxy) is 1. The van der Waals surface area contributed by atoms with Crippen LogP contribution in [-0.4, -0.2) is 44.6 Å². The molecule has 11 heteroatoms. The lowest BCUT2D eigenvalue weighted by molar-refractivity contribution is 0.0202. The Morgan fingerprint density at radius 2 is 1.93 bits per heavy atom. The normalized spacial score (nSPS) is 21.6. The zero-order valence-corrected chi connectivity index (χ0v) is 22.4. The van der Waals surface area contributed by atoms with E-state index in [2.05, 4.69) is 5.32 Å². The van der Waals surface area contributed by atoms with Gasteiger partial charge in [-0.2, -0.15) is 0 Å². The monoisotopic (exact) mass is 569 g/mol. The Bertz CT molecular complexity index is 1590. The minimum atomic E-state index is -1.44. The molecule has 2 aliphatic heterocycles. The summed E-state index contributed by atoms with van der Waals surface area (Å²) in [6.07, 6.45) is 4.52. The Balaban J connectivity index is 1.59. The molecule has 8 nitrogen and oxygen atoms in total. The van der Waals surface area contributed by atoms with Gasteiger partial charge in [0.05, 0.1) is 6.04 Å². The smallest absolute Gasteiger partial charge is 0.275 e. The van der Waals surface area contributed by atoms with Crippen molar-refractivity contribution >= 4 is 23.4 Å². The van der Waals surface area contributed by atoms with Gasteiger partial charge in [-0.3, -0.25) is 14.4 Å². The van der Waals surface area contributed by atoms with Crippen molar-refractivity contribution < 1.29 is 28.2 Å². The maximum absolute atomic E-state index is 14.4. The lowest BCUT2D eigenvalue weighted by Gasteiger charge is -2.41. The van der Waals surface area contributed by atoms with Gasteiger partial charge in [-0.1, -0.05) is 60.2 Å². The molecule has 0 fully saturated rings. The van der Waals surface area contributed by atoms with Crippen molar-refractivity contribution in [2.24, 2.45) is 0 Å². The maximum Gasteiger partial charge on any atom is 0.275 e. The Labute approximate surface area is 233 Å². The first-order chi connectivity index (χ1) is 19.0. The van der Waals surface area contributed by atoms with E-state index in [9.17, 15) is 28.3 Å². The molecule has 0 saturated carbocycles. The second-order valence-corrected chi connectivity index (χ2v) is 10.4. The topological polar surface area (TPSA) is 101 Å². The standard InChI is InChI=1S/C29H26ClF2N3O5/c1-16-10-11-29(2,39)21-14-34(16)28(38)24-26(40-15-17-6-4-3-5-7-17)25(36)19(13-35(21)24)27(37)33-12-18-8-9-20(31)22(30)23(18)32/h3-11,13,16,21,39H,12,14-15H2,1-2H3,(H,33,37)/t16-,21+,29-/m0/s1. The van der Waals surface area contributed by atoms with E-state index in [1.165, 1.54) is 15.7 Å². The molecule has 1 aromatic heterocycles. The summed E-state index contributed by atoms with van der Waals surface area (Å²) in [6, 6.07) is 9.96. The minimum Gasteiger partial charge on any atom is -0.483 e. The van der Waals surface area contributed by atoms with Crippen LogP contribution in [0.4, 0.5) is 8.78 Å². The van der Waals surface area contributed by atoms with Crippen molar-refractivity contribution in [3.05, 3.63) is 110 Å². The van der Waals surface area contributed by atoms with Crippen molar-refractivity contribution in [3.8, 4) is 5.75 Å². The highest BCUT2D eigenvalue weighted by Crippen LogP contribution is 2.37. The van der Waals surface area contributed by atoms with Gasteiger partial charge < -0.3 is 24.6 Å². The third-order valence-electron chi connectivity index (χ3n) is 7.26. The first kappa shape index (κ1) is 27.5. The molecule has 40 heavy (non-hydrogen) atoms. The van der Waals surface area contributed by atoms with E-state index < -0.39 is 45.5 Å². The van der Waals surface area contributed by atoms with Gasteiger partial charge in [0.15, 0.2) is 11.4 Å². The average molecular weight is 570 g/mol. The van der Waals surface area contributed by atoms with Gasteiger partial charge in [0.1, 0.15) is 34.4 Å². The number of hydrogen-bond acceptors (Lipinski definition) is 5. The lowest BCUT2D eigenvalue weighted by atomic mass is 9.93. The van der Waals surface area contributed by atoms with Gasteiger partial charge in [-0.15, -0.1) is 0 Å². The number of hydrogen-bond donors (Lipinski definition) is 2. The summed E-state index contributed by atoms with van der Waals surface area (Å²) >= 11 is 5.64. The molecule has 208 valence electrons. The van der Waals surface area contributed by atoms with Crippen LogP contribution in [0.25, 0.3) is 0 Å². The van der Waals surface area contributed by atoms with Crippen LogP contribution in [0.1, 0.15) is 51.9 Å². The van der Waals surface area contributed by atoms with E-state index in [0.29, 0.717) is 0 Å². The lowest BCUT2D eigenvalue weighted by Crippen LogP contribution is -2.52. The number of carbonyl (C=O) groups excluding carboxylic acids is 2. The first-order valence-electron chi connectivity index (χ1n) is 12.6. The van der Waals surface area contributed by atoms with Crippen LogP contribution in [-0.2, 0) is 13.2 Å². The summed E-state index contributed by atoms with van der Waals surface area (Å²) in [4.78, 5) is 42.1. The third kappa shape index (κ3) is 4.89. The number of carbonyl (C=O) groups is 2. The number of nitrogens with one attached hydrogen (secondary N) is 1. The fraction of sp³-hybridized carbons (Fsp3) is 0.276. The number of halogens is 3. The third-order valence-corrected chi connectivity index (χ3v) is 7.61. The first-order valence-corrected chi connectivity index (χ1v) is 13.0. The summed E-state index contributed by atoms with van der Waals surface area (Å²) in [7, 11) is 0. The van der Waals surface area contributed by atoms with Gasteiger partial charge >= 0.3 is 0 Å². The largest absolute Gasteiger partial charge is 0.483 e. The highest BCUT2D eigenvalue weighted by Gasteiger charge is 2.45. The van der Waals surface area contributed by atoms with E-state index in [0.717, 1.165) is 17.7 Å². The summed E-state index contributed by atoms with van der Waals surface area (Å²) < 4.78 is 35.3. The quantitative estimate of drug-likeness (QED) is 0.345. The van der Waals surface area contributed by atoms with Crippen LogP contribution in [0.3, 0.4) is 0 Å². The van der Waals surface area contributed by atoms with Crippen LogP contribution >= 0.6 is 11.6 Å². The van der Waals surface area contributed by atoms with Crippen molar-refractivity contribution in [1.29, 1.82) is 0 Å². The van der Waals surface area contributed by atoms with E-state index in [1.54, 1.807) is 50.3 Å². The Kier molecular flexibility index (Phi) is 7.24. The molecule has 2 aliphatic rings. The molecule has 3 aromatic rings. The van der Waals surface area contributed by atoms with Gasteiger partial charge in [-0.25, -0.2) is 8.78 Å². The maximum atomic E-state index is 14.4. The summed E-state index contributed by atoms with van der Waals surface area (Å²) in [5.74, 6) is -3.67. The highest BCUT2D eigenvalue weighted by molar-refractivity contribution is 6.30. The molecule has 3 heterocycles. The van der Waals surface area contributed by atoms with Crippen LogP contribution < -0.4 is 15.5 Å². The second-order valence-electron chi connectivity index (χ2n) is 10.0. The number of amides is 2. The van der Waals surface area contributed by atoms with Gasteiger partial charge in [0.2, 0.25) is 5.43 Å². The molecule has 0 spiro atoms. The van der Waals surface area contributed by atoms with E-state index in [-0.39, 0.29) is 48.3 Å². The van der Waals surface area contributed by atoms with E-state index >= 15 is 0 Å². The molecule has 5 rings (SSSR count). The highest BCUT2D eigenvalue weighted by atomic mass is 35.5.